The Kier molecular flexibility index (Phi) is 11.6. The Bertz CT molecular complexity index is 3240. The van der Waals surface area contributed by atoms with E-state index in [2.05, 4.69) is 31.0 Å². The van der Waals surface area contributed by atoms with E-state index in [1.54, 1.807) is 18.2 Å². The number of halogens is 2. The molecule has 0 amide bonds. The van der Waals surface area contributed by atoms with E-state index in [1.165, 1.54) is 41.4 Å². The smallest absolute Gasteiger partial charge is 0.220 e. The molecule has 0 bridgehead atoms. The maximum absolute atomic E-state index is 14.7. The summed E-state index contributed by atoms with van der Waals surface area (Å²) >= 11 is 11.0. The summed E-state index contributed by atoms with van der Waals surface area (Å²) in [5.41, 5.74) is 6.86. The molecule has 18 heteroatoms. The molecule has 0 fully saturated rings. The second-order valence-electron chi connectivity index (χ2n) is 16.0. The standard InChI is InChI=1S/C48H37ClFN7O6S3/c1-64-46-52-36-16-41(63-21-31(36)43(58)55-46)30-18-51-17-29-24(7-4-9-26(29)30)22-65-47-53-37-15-40(62-20-32(37)44(59)56-47)28-13-25(12-23-6-5-10-34(49)42(23)28)66-48-54-38-14-39(27-8-2-3-11-35(27)50)61-19-33(38)45(60)57-48/h2-13,17-18,39-41H,14-16,19-22H2,1H3,(H,52,55,58)(H,53,56,59)(H,54,57,60)/t39?,40-,41?/m0/s1. The van der Waals surface area contributed by atoms with Crippen LogP contribution in [0.3, 0.4) is 0 Å². The quantitative estimate of drug-likeness (QED) is 0.0918. The summed E-state index contributed by atoms with van der Waals surface area (Å²) in [6.07, 6.45) is 5.29. The van der Waals surface area contributed by atoms with Gasteiger partial charge in [0.1, 0.15) is 5.82 Å². The largest absolute Gasteiger partial charge is 0.493 e. The topological polar surface area (TPSA) is 179 Å². The van der Waals surface area contributed by atoms with Crippen LogP contribution < -0.4 is 0 Å². The van der Waals surface area contributed by atoms with Crippen LogP contribution in [0.4, 0.5) is 4.39 Å². The van der Waals surface area contributed by atoms with Gasteiger partial charge in [0.05, 0.1) is 71.9 Å². The van der Waals surface area contributed by atoms with Gasteiger partial charge in [-0.1, -0.05) is 83.7 Å². The monoisotopic (exact) mass is 957 g/mol. The fraction of sp³-hybridized carbons (Fsp3) is 0.229. The maximum Gasteiger partial charge on any atom is 0.220 e. The first-order valence-corrected chi connectivity index (χ1v) is 24.4. The van der Waals surface area contributed by atoms with Gasteiger partial charge in [-0.25, -0.2) is 19.3 Å². The van der Waals surface area contributed by atoms with Crippen molar-refractivity contribution in [1.29, 1.82) is 0 Å². The summed E-state index contributed by atoms with van der Waals surface area (Å²) in [7, 11) is 0. The molecule has 3 atom stereocenters. The van der Waals surface area contributed by atoms with E-state index < -0.39 is 12.2 Å². The molecule has 0 aliphatic carbocycles. The number of fused-ring (bicyclic) bond motifs is 5. The fourth-order valence-electron chi connectivity index (χ4n) is 8.84. The van der Waals surface area contributed by atoms with Crippen LogP contribution in [0.5, 0.6) is 17.6 Å². The Morgan fingerprint density at radius 3 is 1.94 bits per heavy atom. The van der Waals surface area contributed by atoms with Crippen LogP contribution in [0, 0.1) is 5.82 Å². The van der Waals surface area contributed by atoms with Crippen LogP contribution in [0.2, 0.25) is 5.02 Å². The number of ether oxygens (including phenoxy) is 3. The van der Waals surface area contributed by atoms with Crippen LogP contribution in [0.1, 0.15) is 74.3 Å². The SMILES string of the molecule is CSc1nc(O)c2c(n1)CC(c1cncc3c(CSc4nc(O)c5c(n4)C[C@@H](c4cc(Sc6nc(O)c7c(n6)CC(c6ccccc6F)OC7)cc6cccc(Cl)c46)OC5)cccc13)OC2. The van der Waals surface area contributed by atoms with Gasteiger partial charge >= 0.3 is 0 Å². The minimum Gasteiger partial charge on any atom is -0.493 e. The van der Waals surface area contributed by atoms with Crippen LogP contribution in [-0.2, 0) is 59.0 Å². The minimum absolute atomic E-state index is 0.0475. The number of pyridine rings is 1. The number of nitrogens with zero attached hydrogens (tertiary/aromatic N) is 7. The summed E-state index contributed by atoms with van der Waals surface area (Å²) in [5.74, 6) is -0.208. The lowest BCUT2D eigenvalue weighted by Gasteiger charge is -2.27. The summed E-state index contributed by atoms with van der Waals surface area (Å²) in [6.45, 7) is 0.336. The van der Waals surface area contributed by atoms with Crippen molar-refractivity contribution in [2.75, 3.05) is 6.26 Å². The number of thioether (sulfide) groups is 2. The summed E-state index contributed by atoms with van der Waals surface area (Å²) in [4.78, 5) is 32.9. The van der Waals surface area contributed by atoms with Crippen molar-refractivity contribution in [1.82, 2.24) is 34.9 Å². The van der Waals surface area contributed by atoms with Gasteiger partial charge in [-0.05, 0) is 64.2 Å². The third-order valence-corrected chi connectivity index (χ3v) is 14.7. The van der Waals surface area contributed by atoms with Gasteiger partial charge in [-0.3, -0.25) is 4.98 Å². The first kappa shape index (κ1) is 42.9. The average molecular weight is 959 g/mol. The molecule has 0 saturated carbocycles. The lowest BCUT2D eigenvalue weighted by molar-refractivity contribution is 0.0217. The van der Waals surface area contributed by atoms with Gasteiger partial charge in [0.25, 0.3) is 0 Å². The number of aromatic hydroxyl groups is 3. The fourth-order valence-corrected chi connectivity index (χ4v) is 11.2. The molecule has 0 radical (unpaired) electrons. The van der Waals surface area contributed by atoms with E-state index in [1.807, 2.05) is 61.1 Å². The van der Waals surface area contributed by atoms with E-state index in [4.69, 9.17) is 35.8 Å². The highest BCUT2D eigenvalue weighted by atomic mass is 35.5. The Morgan fingerprint density at radius 1 is 0.636 bits per heavy atom. The first-order valence-electron chi connectivity index (χ1n) is 20.9. The highest BCUT2D eigenvalue weighted by molar-refractivity contribution is 7.99. The van der Waals surface area contributed by atoms with Gasteiger partial charge in [0, 0.05) is 69.2 Å². The van der Waals surface area contributed by atoms with Crippen molar-refractivity contribution < 1.29 is 33.9 Å². The number of rotatable bonds is 9. The van der Waals surface area contributed by atoms with Crippen molar-refractivity contribution >= 4 is 68.4 Å². The van der Waals surface area contributed by atoms with Crippen molar-refractivity contribution in [2.24, 2.45) is 0 Å². The summed E-state index contributed by atoms with van der Waals surface area (Å²) < 4.78 is 33.3. The predicted octanol–water partition coefficient (Wildman–Crippen LogP) is 10.3. The zero-order valence-corrected chi connectivity index (χ0v) is 38.1. The minimum atomic E-state index is -0.554. The molecule has 3 aliphatic heterocycles. The van der Waals surface area contributed by atoms with E-state index in [0.717, 1.165) is 48.8 Å². The maximum atomic E-state index is 14.7. The normalized spacial score (nSPS) is 18.0. The lowest BCUT2D eigenvalue weighted by atomic mass is 9.95. The Hall–Kier alpha value is -5.66. The molecule has 0 saturated heterocycles. The third-order valence-electron chi connectivity index (χ3n) is 12.1. The van der Waals surface area contributed by atoms with E-state index >= 15 is 0 Å². The molecule has 13 nitrogen and oxygen atoms in total. The molecule has 4 aromatic carbocycles. The van der Waals surface area contributed by atoms with Crippen LogP contribution in [0.15, 0.2) is 106 Å². The molecule has 7 heterocycles. The molecule has 11 rings (SSSR count). The molecule has 3 aliphatic rings. The van der Waals surface area contributed by atoms with Gasteiger partial charge in [-0.15, -0.1) is 0 Å². The molecular weight excluding hydrogens is 921 g/mol. The lowest BCUT2D eigenvalue weighted by Crippen LogP contribution is -2.19. The average Bonchev–Trinajstić information content (AvgIpc) is 3.32. The van der Waals surface area contributed by atoms with Crippen LogP contribution in [-0.4, -0.2) is 56.5 Å². The van der Waals surface area contributed by atoms with Crippen LogP contribution >= 0.6 is 46.9 Å². The number of benzene rings is 4. The molecule has 66 heavy (non-hydrogen) atoms. The number of hydrogen-bond acceptors (Lipinski definition) is 16. The molecule has 332 valence electrons. The van der Waals surface area contributed by atoms with E-state index in [0.29, 0.717) is 72.7 Å². The first-order chi connectivity index (χ1) is 32.2. The van der Waals surface area contributed by atoms with Crippen molar-refractivity contribution in [2.45, 2.75) is 83.5 Å². The van der Waals surface area contributed by atoms with Gasteiger partial charge in [0.15, 0.2) is 15.5 Å². The Labute approximate surface area is 394 Å². The summed E-state index contributed by atoms with van der Waals surface area (Å²) in [5, 5.41) is 38.2. The van der Waals surface area contributed by atoms with E-state index in [9.17, 15) is 19.7 Å². The van der Waals surface area contributed by atoms with Gasteiger partial charge in [-0.2, -0.15) is 15.0 Å². The molecule has 0 spiro atoms. The second-order valence-corrected chi connectivity index (χ2v) is 19.1. The van der Waals surface area contributed by atoms with E-state index in [-0.39, 0.29) is 55.8 Å². The molecule has 4 aromatic heterocycles. The van der Waals surface area contributed by atoms with Crippen LogP contribution in [0.25, 0.3) is 21.5 Å². The summed E-state index contributed by atoms with van der Waals surface area (Å²) in [6, 6.07) is 22.3. The molecule has 2 unspecified atom stereocenters. The molecular formula is C48H37ClFN7O6S3. The Morgan fingerprint density at radius 2 is 1.24 bits per heavy atom. The van der Waals surface area contributed by atoms with Crippen molar-refractivity contribution in [3.05, 3.63) is 152 Å². The van der Waals surface area contributed by atoms with Gasteiger partial charge < -0.3 is 29.5 Å². The number of aromatic nitrogens is 7. The second kappa shape index (κ2) is 17.9. The predicted molar refractivity (Wildman–Crippen MR) is 247 cm³/mol. The third kappa shape index (κ3) is 8.16. The highest BCUT2D eigenvalue weighted by Gasteiger charge is 2.31. The van der Waals surface area contributed by atoms with Gasteiger partial charge in [0.2, 0.25) is 17.6 Å². The molecule has 3 N–H and O–H groups in total. The number of hydrogen-bond donors (Lipinski definition) is 3. The molecule has 8 aromatic rings. The van der Waals surface area contributed by atoms with Crippen molar-refractivity contribution in [3.63, 3.8) is 0 Å². The zero-order chi connectivity index (χ0) is 45.1. The zero-order valence-electron chi connectivity index (χ0n) is 34.9. The van der Waals surface area contributed by atoms with Crippen molar-refractivity contribution in [3.8, 4) is 17.6 Å². The Balaban J connectivity index is 0.845. The highest BCUT2D eigenvalue weighted by Crippen LogP contribution is 2.44.